The third-order valence-corrected chi connectivity index (χ3v) is 2.54. The Kier molecular flexibility index (Phi) is 5.98. The molecule has 0 spiro atoms. The molecule has 96 valence electrons. The van der Waals surface area contributed by atoms with E-state index < -0.39 is 0 Å². The second kappa shape index (κ2) is 7.54. The molecule has 0 aliphatic heterocycles. The Bertz CT molecular complexity index is 381. The number of rotatable bonds is 2. The lowest BCUT2D eigenvalue weighted by molar-refractivity contribution is 0.785. The average Bonchev–Trinajstić information content (AvgIpc) is 2.41. The zero-order chi connectivity index (χ0) is 13.4. The Morgan fingerprint density at radius 1 is 0.889 bits per heavy atom. The van der Waals surface area contributed by atoms with Gasteiger partial charge < -0.3 is 0 Å². The highest BCUT2D eigenvalue weighted by molar-refractivity contribution is 5.12. The van der Waals surface area contributed by atoms with Crippen LogP contribution in [0.5, 0.6) is 0 Å². The van der Waals surface area contributed by atoms with Gasteiger partial charge in [-0.3, -0.25) is 4.98 Å². The number of hydrogen-bond donors (Lipinski definition) is 0. The summed E-state index contributed by atoms with van der Waals surface area (Å²) in [4.78, 5) is 4.01. The summed E-state index contributed by atoms with van der Waals surface area (Å²) in [6.45, 7) is 8.53. The monoisotopic (exact) mass is 243 g/mol. The number of nitrogens with zero attached hydrogens (tertiary/aromatic N) is 3. The van der Waals surface area contributed by atoms with Crippen LogP contribution in [0.15, 0.2) is 42.9 Å². The topological polar surface area (TPSA) is 38.7 Å². The smallest absolute Gasteiger partial charge is 0.0656 e. The van der Waals surface area contributed by atoms with Crippen LogP contribution in [0.4, 0.5) is 0 Å². The van der Waals surface area contributed by atoms with Gasteiger partial charge in [-0.1, -0.05) is 33.8 Å². The molecule has 18 heavy (non-hydrogen) atoms. The quantitative estimate of drug-likeness (QED) is 0.805. The summed E-state index contributed by atoms with van der Waals surface area (Å²) in [7, 11) is 0. The molecule has 0 N–H and O–H groups in total. The second-order valence-electron chi connectivity index (χ2n) is 4.74. The van der Waals surface area contributed by atoms with Gasteiger partial charge in [-0.2, -0.15) is 10.2 Å². The lowest BCUT2D eigenvalue weighted by Crippen LogP contribution is -1.92. The van der Waals surface area contributed by atoms with Crippen LogP contribution in [0.1, 0.15) is 50.8 Å². The summed E-state index contributed by atoms with van der Waals surface area (Å²) in [5.74, 6) is 1.08. The molecule has 0 atom stereocenters. The van der Waals surface area contributed by atoms with Gasteiger partial charge in [0.05, 0.1) is 5.69 Å². The van der Waals surface area contributed by atoms with E-state index in [0.717, 1.165) is 5.69 Å². The second-order valence-corrected chi connectivity index (χ2v) is 4.74. The molecular weight excluding hydrogens is 222 g/mol. The Hall–Kier alpha value is -1.77. The fraction of sp³-hybridized carbons (Fsp3) is 0.400. The summed E-state index contributed by atoms with van der Waals surface area (Å²) in [6, 6.07) is 7.95. The van der Waals surface area contributed by atoms with Gasteiger partial charge in [0.1, 0.15) is 0 Å². The van der Waals surface area contributed by atoms with Crippen molar-refractivity contribution in [3.8, 4) is 0 Å². The summed E-state index contributed by atoms with van der Waals surface area (Å²) in [5, 5.41) is 7.68. The number of aromatic nitrogens is 3. The van der Waals surface area contributed by atoms with Gasteiger partial charge in [-0.25, -0.2) is 0 Å². The molecule has 0 aliphatic carbocycles. The Morgan fingerprint density at radius 2 is 1.61 bits per heavy atom. The highest BCUT2D eigenvalue weighted by Gasteiger charge is 1.96. The minimum absolute atomic E-state index is 0.485. The van der Waals surface area contributed by atoms with Gasteiger partial charge in [-0.15, -0.1) is 0 Å². The minimum atomic E-state index is 0.485. The molecular formula is C15H21N3. The first kappa shape index (κ1) is 14.3. The van der Waals surface area contributed by atoms with E-state index in [4.69, 9.17) is 0 Å². The van der Waals surface area contributed by atoms with Crippen LogP contribution in [0.25, 0.3) is 0 Å². The molecule has 0 radical (unpaired) electrons. The molecule has 0 bridgehead atoms. The maximum atomic E-state index is 4.01. The molecule has 0 aliphatic rings. The molecule has 3 nitrogen and oxygen atoms in total. The van der Waals surface area contributed by atoms with Gasteiger partial charge in [0.2, 0.25) is 0 Å². The van der Waals surface area contributed by atoms with Crippen LogP contribution < -0.4 is 0 Å². The van der Waals surface area contributed by atoms with Gasteiger partial charge >= 0.3 is 0 Å². The predicted octanol–water partition coefficient (Wildman–Crippen LogP) is 3.81. The van der Waals surface area contributed by atoms with Crippen molar-refractivity contribution < 1.29 is 0 Å². The first-order chi connectivity index (χ1) is 8.61. The van der Waals surface area contributed by atoms with E-state index >= 15 is 0 Å². The zero-order valence-corrected chi connectivity index (χ0v) is 11.5. The van der Waals surface area contributed by atoms with Crippen LogP contribution in [0.2, 0.25) is 0 Å². The van der Waals surface area contributed by atoms with E-state index in [1.807, 2.05) is 24.4 Å². The van der Waals surface area contributed by atoms with Gasteiger partial charge in [0.25, 0.3) is 0 Å². The van der Waals surface area contributed by atoms with Crippen molar-refractivity contribution in [2.24, 2.45) is 0 Å². The molecule has 0 unspecified atom stereocenters. The third-order valence-electron chi connectivity index (χ3n) is 2.54. The van der Waals surface area contributed by atoms with Crippen molar-refractivity contribution in [2.45, 2.75) is 39.5 Å². The van der Waals surface area contributed by atoms with Crippen molar-refractivity contribution >= 4 is 0 Å². The molecule has 0 amide bonds. The Morgan fingerprint density at radius 3 is 1.94 bits per heavy atom. The minimum Gasteiger partial charge on any atom is -0.264 e. The van der Waals surface area contributed by atoms with Crippen molar-refractivity contribution in [3.05, 3.63) is 54.1 Å². The highest BCUT2D eigenvalue weighted by Crippen LogP contribution is 2.10. The van der Waals surface area contributed by atoms with Crippen LogP contribution in [-0.4, -0.2) is 15.2 Å². The summed E-state index contributed by atoms with van der Waals surface area (Å²) in [5.41, 5.74) is 2.36. The van der Waals surface area contributed by atoms with Crippen molar-refractivity contribution in [3.63, 3.8) is 0 Å². The largest absolute Gasteiger partial charge is 0.264 e. The van der Waals surface area contributed by atoms with E-state index in [1.165, 1.54) is 5.56 Å². The van der Waals surface area contributed by atoms with Crippen LogP contribution in [-0.2, 0) is 0 Å². The Balaban J connectivity index is 0.000000180. The van der Waals surface area contributed by atoms with E-state index in [1.54, 1.807) is 12.4 Å². The van der Waals surface area contributed by atoms with Crippen LogP contribution in [0, 0.1) is 0 Å². The highest BCUT2D eigenvalue weighted by atomic mass is 15.1. The summed E-state index contributed by atoms with van der Waals surface area (Å²) >= 11 is 0. The number of hydrogen-bond acceptors (Lipinski definition) is 3. The molecule has 2 aromatic rings. The average molecular weight is 243 g/mol. The van der Waals surface area contributed by atoms with Crippen LogP contribution >= 0.6 is 0 Å². The lowest BCUT2D eigenvalue weighted by atomic mass is 10.1. The van der Waals surface area contributed by atoms with Gasteiger partial charge in [0, 0.05) is 18.6 Å². The summed E-state index contributed by atoms with van der Waals surface area (Å²) < 4.78 is 0. The molecule has 0 fully saturated rings. The normalized spacial score (nSPS) is 10.1. The Labute approximate surface area is 109 Å². The molecule has 3 heteroatoms. The molecule has 2 aromatic heterocycles. The standard InChI is InChI=1S/C8H11N.C7H10N2/c1-7(2)8-4-3-5-9-6-8;1-6(2)7-4-3-5-8-9-7/h3-7H,1-2H3;3-6H,1-2H3. The molecule has 2 rings (SSSR count). The fourth-order valence-corrected chi connectivity index (χ4v) is 1.34. The fourth-order valence-electron chi connectivity index (χ4n) is 1.34. The summed E-state index contributed by atoms with van der Waals surface area (Å²) in [6.07, 6.45) is 5.39. The third kappa shape index (κ3) is 5.04. The van der Waals surface area contributed by atoms with E-state index in [2.05, 4.69) is 48.9 Å². The maximum Gasteiger partial charge on any atom is 0.0656 e. The first-order valence-electron chi connectivity index (χ1n) is 6.28. The van der Waals surface area contributed by atoms with Crippen molar-refractivity contribution in [1.82, 2.24) is 15.2 Å². The van der Waals surface area contributed by atoms with Crippen molar-refractivity contribution in [1.29, 1.82) is 0 Å². The number of pyridine rings is 1. The van der Waals surface area contributed by atoms with Gasteiger partial charge in [0.15, 0.2) is 0 Å². The maximum absolute atomic E-state index is 4.01. The zero-order valence-electron chi connectivity index (χ0n) is 11.5. The predicted molar refractivity (Wildman–Crippen MR) is 74.4 cm³/mol. The van der Waals surface area contributed by atoms with E-state index in [-0.39, 0.29) is 0 Å². The molecule has 0 saturated carbocycles. The molecule has 2 heterocycles. The molecule has 0 saturated heterocycles. The van der Waals surface area contributed by atoms with E-state index in [0.29, 0.717) is 11.8 Å². The first-order valence-corrected chi connectivity index (χ1v) is 6.28. The van der Waals surface area contributed by atoms with E-state index in [9.17, 15) is 0 Å². The van der Waals surface area contributed by atoms with Crippen molar-refractivity contribution in [2.75, 3.05) is 0 Å². The SMILES string of the molecule is CC(C)c1cccnc1.CC(C)c1cccnn1. The van der Waals surface area contributed by atoms with Crippen LogP contribution in [0.3, 0.4) is 0 Å². The molecule has 0 aromatic carbocycles. The van der Waals surface area contributed by atoms with Gasteiger partial charge in [-0.05, 0) is 35.6 Å². The lowest BCUT2D eigenvalue weighted by Gasteiger charge is -2.00.